The Kier molecular flexibility index (Phi) is 5.10. The molecule has 0 aliphatic rings. The first-order valence-electron chi connectivity index (χ1n) is 3.41. The average Bonchev–Trinajstić information content (AvgIpc) is 1.97. The van der Waals surface area contributed by atoms with Gasteiger partial charge in [-0.15, -0.1) is 0 Å². The van der Waals surface area contributed by atoms with Crippen LogP contribution in [0.4, 0.5) is 4.79 Å². The summed E-state index contributed by atoms with van der Waals surface area (Å²) in [6.45, 7) is 0.469. The maximum Gasteiger partial charge on any atom is 0.312 e. The number of rotatable bonds is 5. The topological polar surface area (TPSA) is 98.2 Å². The number of nitrogens with two attached hydrogens (primary N) is 2. The monoisotopic (exact) mass is 159 g/mol. The summed E-state index contributed by atoms with van der Waals surface area (Å²) in [5, 5.41) is 2.39. The summed E-state index contributed by atoms with van der Waals surface area (Å²) in [5.41, 5.74) is 10.1. The molecule has 64 valence electrons. The molecule has 5 nitrogen and oxygen atoms in total. The fourth-order valence-electron chi connectivity index (χ4n) is 0.617. The van der Waals surface area contributed by atoms with Crippen LogP contribution in [-0.4, -0.2) is 24.9 Å². The molecule has 0 aliphatic heterocycles. The van der Waals surface area contributed by atoms with Gasteiger partial charge in [0.1, 0.15) is 6.29 Å². The van der Waals surface area contributed by atoms with Gasteiger partial charge in [0.2, 0.25) is 0 Å². The van der Waals surface area contributed by atoms with Crippen LogP contribution in [0.15, 0.2) is 0 Å². The normalized spacial score (nSPS) is 12.1. The molecule has 0 aliphatic carbocycles. The summed E-state index contributed by atoms with van der Waals surface area (Å²) >= 11 is 0. The number of primary amides is 1. The Morgan fingerprint density at radius 1 is 1.64 bits per heavy atom. The first-order valence-corrected chi connectivity index (χ1v) is 3.41. The average molecular weight is 159 g/mol. The second-order valence-electron chi connectivity index (χ2n) is 2.23. The highest BCUT2D eigenvalue weighted by Crippen LogP contribution is 1.88. The zero-order valence-corrected chi connectivity index (χ0v) is 6.25. The first-order chi connectivity index (χ1) is 5.16. The predicted molar refractivity (Wildman–Crippen MR) is 40.9 cm³/mol. The second-order valence-corrected chi connectivity index (χ2v) is 2.23. The fraction of sp³-hybridized carbons (Fsp3) is 0.667. The molecule has 0 saturated carbocycles. The first kappa shape index (κ1) is 9.90. The molecule has 0 aromatic carbocycles. The smallest absolute Gasteiger partial charge is 0.312 e. The number of nitrogens with one attached hydrogen (secondary N) is 1. The molecule has 5 heteroatoms. The number of hydrogen-bond acceptors (Lipinski definition) is 3. The molecule has 2 amide bonds. The zero-order chi connectivity index (χ0) is 8.69. The Labute approximate surface area is 65.1 Å². The molecule has 1 unspecified atom stereocenters. The van der Waals surface area contributed by atoms with Crippen molar-refractivity contribution in [2.45, 2.75) is 18.9 Å². The van der Waals surface area contributed by atoms with Gasteiger partial charge in [-0.2, -0.15) is 0 Å². The maximum atomic E-state index is 10.1. The summed E-state index contributed by atoms with van der Waals surface area (Å²) in [6, 6.07) is -0.977. The van der Waals surface area contributed by atoms with Crippen molar-refractivity contribution < 1.29 is 9.59 Å². The van der Waals surface area contributed by atoms with Crippen LogP contribution in [0.5, 0.6) is 0 Å². The van der Waals surface area contributed by atoms with Crippen molar-refractivity contribution in [3.05, 3.63) is 0 Å². The standard InChI is InChI=1S/C6H13N3O2/c7-5(4-10)2-1-3-9-6(8)11/h4-5H,1-3,7H2,(H3,8,9,11). The Morgan fingerprint density at radius 3 is 2.73 bits per heavy atom. The van der Waals surface area contributed by atoms with Gasteiger partial charge in [-0.3, -0.25) is 0 Å². The number of urea groups is 1. The van der Waals surface area contributed by atoms with E-state index < -0.39 is 12.1 Å². The Bertz CT molecular complexity index is 138. The van der Waals surface area contributed by atoms with Crippen LogP contribution in [0.1, 0.15) is 12.8 Å². The largest absolute Gasteiger partial charge is 0.352 e. The summed E-state index contributed by atoms with van der Waals surface area (Å²) in [5.74, 6) is 0. The molecule has 11 heavy (non-hydrogen) atoms. The molecular weight excluding hydrogens is 146 g/mol. The van der Waals surface area contributed by atoms with E-state index in [1.54, 1.807) is 0 Å². The van der Waals surface area contributed by atoms with Gasteiger partial charge in [0.25, 0.3) is 0 Å². The highest BCUT2D eigenvalue weighted by Gasteiger charge is 1.98. The SMILES string of the molecule is NC(=O)NCCCC(N)C=O. The quantitative estimate of drug-likeness (QED) is 0.353. The van der Waals surface area contributed by atoms with Crippen LogP contribution < -0.4 is 16.8 Å². The number of hydrogen-bond donors (Lipinski definition) is 3. The van der Waals surface area contributed by atoms with Crippen molar-refractivity contribution in [2.75, 3.05) is 6.54 Å². The van der Waals surface area contributed by atoms with E-state index in [2.05, 4.69) is 5.32 Å². The summed E-state index contributed by atoms with van der Waals surface area (Å²) in [7, 11) is 0. The van der Waals surface area contributed by atoms with Crippen molar-refractivity contribution in [3.63, 3.8) is 0 Å². The van der Waals surface area contributed by atoms with Gasteiger partial charge in [-0.1, -0.05) is 0 Å². The molecule has 0 rings (SSSR count). The molecule has 0 saturated heterocycles. The molecule has 5 N–H and O–H groups in total. The van der Waals surface area contributed by atoms with Crippen molar-refractivity contribution >= 4 is 12.3 Å². The highest BCUT2D eigenvalue weighted by molar-refractivity contribution is 5.71. The minimum atomic E-state index is -0.551. The lowest BCUT2D eigenvalue weighted by molar-refractivity contribution is -0.109. The minimum Gasteiger partial charge on any atom is -0.352 e. The third-order valence-corrected chi connectivity index (χ3v) is 1.19. The number of aldehydes is 1. The summed E-state index contributed by atoms with van der Waals surface area (Å²) in [4.78, 5) is 20.1. The molecular formula is C6H13N3O2. The maximum absolute atomic E-state index is 10.1. The summed E-state index contributed by atoms with van der Waals surface area (Å²) < 4.78 is 0. The van der Waals surface area contributed by atoms with Gasteiger partial charge < -0.3 is 21.6 Å². The van der Waals surface area contributed by atoms with Crippen LogP contribution in [0.2, 0.25) is 0 Å². The lowest BCUT2D eigenvalue weighted by atomic mass is 10.2. The van der Waals surface area contributed by atoms with Crippen LogP contribution in [-0.2, 0) is 4.79 Å². The lowest BCUT2D eigenvalue weighted by Crippen LogP contribution is -2.31. The predicted octanol–water partition coefficient (Wildman–Crippen LogP) is -1.04. The minimum absolute atomic E-state index is 0.426. The molecule has 0 bridgehead atoms. The van der Waals surface area contributed by atoms with E-state index in [4.69, 9.17) is 11.5 Å². The molecule has 0 fully saturated rings. The molecule has 0 heterocycles. The lowest BCUT2D eigenvalue weighted by Gasteiger charge is -2.03. The van der Waals surface area contributed by atoms with E-state index >= 15 is 0 Å². The van der Waals surface area contributed by atoms with Gasteiger partial charge in [-0.25, -0.2) is 4.79 Å². The van der Waals surface area contributed by atoms with Gasteiger partial charge in [0.15, 0.2) is 0 Å². The molecule has 0 aromatic rings. The highest BCUT2D eigenvalue weighted by atomic mass is 16.2. The van der Waals surface area contributed by atoms with E-state index in [0.29, 0.717) is 25.7 Å². The summed E-state index contributed by atoms with van der Waals surface area (Å²) in [6.07, 6.45) is 1.93. The van der Waals surface area contributed by atoms with Crippen LogP contribution in [0.3, 0.4) is 0 Å². The van der Waals surface area contributed by atoms with Crippen molar-refractivity contribution in [1.29, 1.82) is 0 Å². The van der Waals surface area contributed by atoms with Gasteiger partial charge in [0.05, 0.1) is 6.04 Å². The second kappa shape index (κ2) is 5.67. The number of carbonyl (C=O) groups is 2. The van der Waals surface area contributed by atoms with Gasteiger partial charge >= 0.3 is 6.03 Å². The third kappa shape index (κ3) is 6.79. The van der Waals surface area contributed by atoms with Crippen molar-refractivity contribution in [1.82, 2.24) is 5.32 Å². The molecule has 0 spiro atoms. The van der Waals surface area contributed by atoms with Gasteiger partial charge in [0, 0.05) is 6.54 Å². The van der Waals surface area contributed by atoms with E-state index in [9.17, 15) is 9.59 Å². The number of carbonyl (C=O) groups excluding carboxylic acids is 2. The Balaban J connectivity index is 3.14. The van der Waals surface area contributed by atoms with E-state index in [0.717, 1.165) is 0 Å². The van der Waals surface area contributed by atoms with Crippen molar-refractivity contribution in [3.8, 4) is 0 Å². The van der Waals surface area contributed by atoms with Crippen LogP contribution in [0.25, 0.3) is 0 Å². The fourth-order valence-corrected chi connectivity index (χ4v) is 0.617. The van der Waals surface area contributed by atoms with E-state index in [-0.39, 0.29) is 0 Å². The molecule has 0 aromatic heterocycles. The Hall–Kier alpha value is -1.10. The van der Waals surface area contributed by atoms with Crippen molar-refractivity contribution in [2.24, 2.45) is 11.5 Å². The van der Waals surface area contributed by atoms with Gasteiger partial charge in [-0.05, 0) is 12.8 Å². The molecule has 1 atom stereocenters. The third-order valence-electron chi connectivity index (χ3n) is 1.19. The van der Waals surface area contributed by atoms with E-state index in [1.807, 2.05) is 0 Å². The zero-order valence-electron chi connectivity index (χ0n) is 6.25. The van der Waals surface area contributed by atoms with E-state index in [1.165, 1.54) is 0 Å². The van der Waals surface area contributed by atoms with Crippen LogP contribution >= 0.6 is 0 Å². The Morgan fingerprint density at radius 2 is 2.27 bits per heavy atom. The number of amides is 2. The van der Waals surface area contributed by atoms with Crippen LogP contribution in [0, 0.1) is 0 Å². The molecule has 0 radical (unpaired) electrons.